The van der Waals surface area contributed by atoms with E-state index in [1.54, 1.807) is 0 Å². The van der Waals surface area contributed by atoms with Gasteiger partial charge in [-0.15, -0.1) is 0 Å². The number of carboxylic acids is 1. The Morgan fingerprint density at radius 3 is 2.62 bits per heavy atom. The third-order valence-electron chi connectivity index (χ3n) is 1.44. The lowest BCUT2D eigenvalue weighted by atomic mass is 10.1. The molecule has 1 rings (SSSR count). The highest BCUT2D eigenvalue weighted by Crippen LogP contribution is 2.21. The van der Waals surface area contributed by atoms with Crippen LogP contribution in [0.2, 0.25) is 10.3 Å². The predicted molar refractivity (Wildman–Crippen MR) is 48.8 cm³/mol. The fraction of sp³-hybridized carbons (Fsp3) is 0.143. The number of rotatable bonds is 2. The number of carbonyl (C=O) groups is 1. The van der Waals surface area contributed by atoms with Gasteiger partial charge in [0.2, 0.25) is 0 Å². The van der Waals surface area contributed by atoms with Crippen LogP contribution in [0.4, 0.5) is 0 Å². The quantitative estimate of drug-likeness (QED) is 0.741. The summed E-state index contributed by atoms with van der Waals surface area (Å²) in [7, 11) is 0. The van der Waals surface area contributed by atoms with E-state index < -0.39 is 12.0 Å². The van der Waals surface area contributed by atoms with Gasteiger partial charge < -0.3 is 10.8 Å². The molecule has 1 aromatic rings. The van der Waals surface area contributed by atoms with Crippen LogP contribution in [0.15, 0.2) is 12.1 Å². The third-order valence-corrected chi connectivity index (χ3v) is 1.96. The Morgan fingerprint density at radius 2 is 2.15 bits per heavy atom. The molecular formula is C7H6Cl2N2O2. The summed E-state index contributed by atoms with van der Waals surface area (Å²) in [6.45, 7) is 0. The van der Waals surface area contributed by atoms with E-state index in [1.165, 1.54) is 12.1 Å². The summed E-state index contributed by atoms with van der Waals surface area (Å²) >= 11 is 11.1. The second-order valence-corrected chi connectivity index (χ2v) is 3.08. The van der Waals surface area contributed by atoms with E-state index in [4.69, 9.17) is 34.0 Å². The number of aliphatic carboxylic acids is 1. The van der Waals surface area contributed by atoms with Gasteiger partial charge in [-0.2, -0.15) is 0 Å². The Labute approximate surface area is 84.3 Å². The predicted octanol–water partition coefficient (Wildman–Crippen LogP) is 1.47. The van der Waals surface area contributed by atoms with Crippen molar-refractivity contribution in [3.05, 3.63) is 28.0 Å². The molecule has 4 nitrogen and oxygen atoms in total. The van der Waals surface area contributed by atoms with Gasteiger partial charge in [0.15, 0.2) is 0 Å². The molecule has 1 aromatic heterocycles. The van der Waals surface area contributed by atoms with Crippen molar-refractivity contribution in [1.29, 1.82) is 0 Å². The van der Waals surface area contributed by atoms with Gasteiger partial charge in [-0.25, -0.2) is 4.98 Å². The second kappa shape index (κ2) is 3.91. The third kappa shape index (κ3) is 2.30. The van der Waals surface area contributed by atoms with Gasteiger partial charge >= 0.3 is 5.97 Å². The standard InChI is InChI=1S/C7H6Cl2N2O2/c8-4-2-1-3(6(9)11-4)5(10)7(12)13/h1-2,5H,10H2,(H,12,13)/t5-/m1/s1. The summed E-state index contributed by atoms with van der Waals surface area (Å²) in [5.41, 5.74) is 5.57. The first-order chi connectivity index (χ1) is 6.02. The van der Waals surface area contributed by atoms with Crippen LogP contribution in [-0.2, 0) is 4.79 Å². The topological polar surface area (TPSA) is 76.2 Å². The van der Waals surface area contributed by atoms with Gasteiger partial charge in [-0.3, -0.25) is 4.79 Å². The van der Waals surface area contributed by atoms with E-state index in [0.29, 0.717) is 0 Å². The first-order valence-corrected chi connectivity index (χ1v) is 4.08. The van der Waals surface area contributed by atoms with Gasteiger partial charge in [0.1, 0.15) is 16.3 Å². The number of nitrogens with two attached hydrogens (primary N) is 1. The van der Waals surface area contributed by atoms with Gasteiger partial charge in [-0.1, -0.05) is 29.3 Å². The van der Waals surface area contributed by atoms with Crippen LogP contribution in [-0.4, -0.2) is 16.1 Å². The highest BCUT2D eigenvalue weighted by Gasteiger charge is 2.18. The molecule has 0 spiro atoms. The largest absolute Gasteiger partial charge is 0.480 e. The highest BCUT2D eigenvalue weighted by atomic mass is 35.5. The molecule has 0 radical (unpaired) electrons. The van der Waals surface area contributed by atoms with E-state index in [-0.39, 0.29) is 15.9 Å². The zero-order chi connectivity index (χ0) is 10.0. The fourth-order valence-corrected chi connectivity index (χ4v) is 1.25. The number of pyridine rings is 1. The molecule has 0 amide bonds. The number of halogens is 2. The summed E-state index contributed by atoms with van der Waals surface area (Å²) in [4.78, 5) is 14.2. The number of aromatic nitrogens is 1. The molecule has 0 aliphatic heterocycles. The number of hydrogen-bond acceptors (Lipinski definition) is 3. The summed E-state index contributed by atoms with van der Waals surface area (Å²) in [6.07, 6.45) is 0. The van der Waals surface area contributed by atoms with Crippen molar-refractivity contribution in [1.82, 2.24) is 4.98 Å². The van der Waals surface area contributed by atoms with E-state index in [0.717, 1.165) is 0 Å². The Bertz CT molecular complexity index is 343. The normalized spacial score (nSPS) is 12.5. The Hall–Kier alpha value is -0.840. The molecule has 0 saturated carbocycles. The lowest BCUT2D eigenvalue weighted by Gasteiger charge is -2.07. The Kier molecular flexibility index (Phi) is 3.08. The molecule has 1 heterocycles. The lowest BCUT2D eigenvalue weighted by molar-refractivity contribution is -0.138. The molecule has 0 saturated heterocycles. The zero-order valence-electron chi connectivity index (χ0n) is 6.37. The number of hydrogen-bond donors (Lipinski definition) is 2. The molecule has 1 atom stereocenters. The zero-order valence-corrected chi connectivity index (χ0v) is 7.88. The molecule has 70 valence electrons. The van der Waals surface area contributed by atoms with Crippen molar-refractivity contribution in [2.24, 2.45) is 5.73 Å². The van der Waals surface area contributed by atoms with Crippen molar-refractivity contribution >= 4 is 29.2 Å². The molecular weight excluding hydrogens is 215 g/mol. The second-order valence-electron chi connectivity index (χ2n) is 2.33. The SMILES string of the molecule is N[C@@H](C(=O)O)c1ccc(Cl)nc1Cl. The Balaban J connectivity index is 3.08. The van der Waals surface area contributed by atoms with E-state index >= 15 is 0 Å². The maximum Gasteiger partial charge on any atom is 0.325 e. The molecule has 3 N–H and O–H groups in total. The van der Waals surface area contributed by atoms with Gasteiger partial charge in [0, 0.05) is 5.56 Å². The molecule has 0 fully saturated rings. The lowest BCUT2D eigenvalue weighted by Crippen LogP contribution is -2.21. The highest BCUT2D eigenvalue weighted by molar-refractivity contribution is 6.33. The summed E-state index contributed by atoms with van der Waals surface area (Å²) < 4.78 is 0. The molecule has 13 heavy (non-hydrogen) atoms. The molecule has 0 aliphatic carbocycles. The summed E-state index contributed by atoms with van der Waals surface area (Å²) in [5.74, 6) is -1.16. The molecule has 0 unspecified atom stereocenters. The van der Waals surface area contributed by atoms with Crippen LogP contribution in [0, 0.1) is 0 Å². The average molecular weight is 221 g/mol. The Morgan fingerprint density at radius 1 is 1.54 bits per heavy atom. The fourth-order valence-electron chi connectivity index (χ4n) is 0.788. The van der Waals surface area contributed by atoms with Gasteiger partial charge in [0.25, 0.3) is 0 Å². The minimum atomic E-state index is -1.17. The average Bonchev–Trinajstić information content (AvgIpc) is 2.03. The van der Waals surface area contributed by atoms with Crippen LogP contribution in [0.25, 0.3) is 0 Å². The minimum absolute atomic E-state index is 0.0161. The van der Waals surface area contributed by atoms with E-state index in [9.17, 15) is 4.79 Å². The number of nitrogens with zero attached hydrogens (tertiary/aromatic N) is 1. The molecule has 0 aliphatic rings. The first-order valence-electron chi connectivity index (χ1n) is 3.32. The molecule has 0 aromatic carbocycles. The maximum absolute atomic E-state index is 10.5. The number of carboxylic acid groups (broad SMARTS) is 1. The van der Waals surface area contributed by atoms with Crippen molar-refractivity contribution < 1.29 is 9.90 Å². The van der Waals surface area contributed by atoms with Crippen molar-refractivity contribution in [3.8, 4) is 0 Å². The van der Waals surface area contributed by atoms with E-state index in [1.807, 2.05) is 0 Å². The van der Waals surface area contributed by atoms with Crippen LogP contribution in [0.3, 0.4) is 0 Å². The van der Waals surface area contributed by atoms with Crippen LogP contribution >= 0.6 is 23.2 Å². The van der Waals surface area contributed by atoms with Gasteiger partial charge in [-0.05, 0) is 6.07 Å². The smallest absolute Gasteiger partial charge is 0.325 e. The monoisotopic (exact) mass is 220 g/mol. The molecule has 6 heteroatoms. The van der Waals surface area contributed by atoms with Crippen LogP contribution in [0.5, 0.6) is 0 Å². The van der Waals surface area contributed by atoms with Crippen LogP contribution in [0.1, 0.15) is 11.6 Å². The summed E-state index contributed by atoms with van der Waals surface area (Å²) in [6, 6.07) is 1.71. The van der Waals surface area contributed by atoms with Crippen molar-refractivity contribution in [3.63, 3.8) is 0 Å². The van der Waals surface area contributed by atoms with Crippen molar-refractivity contribution in [2.45, 2.75) is 6.04 Å². The van der Waals surface area contributed by atoms with E-state index in [2.05, 4.69) is 4.98 Å². The summed E-state index contributed by atoms with van der Waals surface area (Å²) in [5, 5.41) is 8.80. The van der Waals surface area contributed by atoms with Gasteiger partial charge in [0.05, 0.1) is 0 Å². The van der Waals surface area contributed by atoms with Crippen LogP contribution < -0.4 is 5.73 Å². The molecule has 0 bridgehead atoms. The minimum Gasteiger partial charge on any atom is -0.480 e. The maximum atomic E-state index is 10.5. The first kappa shape index (κ1) is 10.2. The van der Waals surface area contributed by atoms with Crippen molar-refractivity contribution in [2.75, 3.05) is 0 Å².